The van der Waals surface area contributed by atoms with Crippen LogP contribution in [-0.2, 0) is 0 Å². The summed E-state index contributed by atoms with van der Waals surface area (Å²) in [6.45, 7) is 0. The Hall–Kier alpha value is -1.08. The summed E-state index contributed by atoms with van der Waals surface area (Å²) in [5.41, 5.74) is 1.30. The molecule has 2 rings (SSSR count). The van der Waals surface area contributed by atoms with E-state index in [1.165, 1.54) is 5.56 Å². The third kappa shape index (κ3) is 1.41. The maximum atomic E-state index is 9.27. The Balaban J connectivity index is 2.18. The normalized spacial score (nSPS) is 27.8. The van der Waals surface area contributed by atoms with Crippen LogP contribution in [0.2, 0.25) is 0 Å². The van der Waals surface area contributed by atoms with Crippen LogP contribution in [-0.4, -0.2) is 11.2 Å². The highest BCUT2D eigenvalue weighted by atomic mass is 16.3. The van der Waals surface area contributed by atoms with E-state index < -0.39 is 0 Å². The van der Waals surface area contributed by atoms with E-state index in [4.69, 9.17) is 0 Å². The molecule has 0 unspecified atom stereocenters. The zero-order valence-electron chi connectivity index (χ0n) is 6.85. The van der Waals surface area contributed by atoms with Gasteiger partial charge in [-0.2, -0.15) is 0 Å². The Bertz CT molecular complexity index is 276. The van der Waals surface area contributed by atoms with E-state index in [2.05, 4.69) is 18.2 Å². The van der Waals surface area contributed by atoms with Crippen molar-refractivity contribution in [1.82, 2.24) is 0 Å². The molecule has 1 nitrogen and oxygen atoms in total. The Kier molecular flexibility index (Phi) is 1.96. The van der Waals surface area contributed by atoms with Gasteiger partial charge >= 0.3 is 0 Å². The molecular formula is C11H12O. The number of aliphatic hydroxyl groups excluding tert-OH is 1. The summed E-state index contributed by atoms with van der Waals surface area (Å²) in [6.07, 6.45) is 4.55. The fraction of sp³-hybridized carbons (Fsp3) is 0.273. The molecule has 0 heterocycles. The summed E-state index contributed by atoms with van der Waals surface area (Å²) in [7, 11) is 0. The van der Waals surface area contributed by atoms with E-state index in [-0.39, 0.29) is 6.10 Å². The third-order valence-electron chi connectivity index (χ3n) is 2.29. The molecule has 12 heavy (non-hydrogen) atoms. The Morgan fingerprint density at radius 1 is 1.08 bits per heavy atom. The van der Waals surface area contributed by atoms with Crippen LogP contribution in [0.15, 0.2) is 42.5 Å². The maximum absolute atomic E-state index is 9.27. The molecule has 0 radical (unpaired) electrons. The van der Waals surface area contributed by atoms with Gasteiger partial charge in [-0.05, 0) is 12.0 Å². The highest BCUT2D eigenvalue weighted by Gasteiger charge is 2.17. The van der Waals surface area contributed by atoms with Crippen LogP contribution in [0.1, 0.15) is 17.9 Å². The Labute approximate surface area is 72.4 Å². The Morgan fingerprint density at radius 2 is 1.83 bits per heavy atom. The van der Waals surface area contributed by atoms with Gasteiger partial charge in [-0.15, -0.1) is 0 Å². The van der Waals surface area contributed by atoms with Crippen LogP contribution in [0, 0.1) is 0 Å². The first-order valence-corrected chi connectivity index (χ1v) is 4.27. The fourth-order valence-corrected chi connectivity index (χ4v) is 1.63. The topological polar surface area (TPSA) is 20.2 Å². The van der Waals surface area contributed by atoms with Crippen molar-refractivity contribution in [3.8, 4) is 0 Å². The van der Waals surface area contributed by atoms with Crippen molar-refractivity contribution in [3.63, 3.8) is 0 Å². The van der Waals surface area contributed by atoms with Gasteiger partial charge in [0.15, 0.2) is 0 Å². The summed E-state index contributed by atoms with van der Waals surface area (Å²) in [5.74, 6) is 0.418. The SMILES string of the molecule is O[C@@H]1C=C[C@@H](c2ccccc2)C1. The van der Waals surface area contributed by atoms with Gasteiger partial charge in [0.2, 0.25) is 0 Å². The van der Waals surface area contributed by atoms with Crippen LogP contribution < -0.4 is 0 Å². The van der Waals surface area contributed by atoms with E-state index in [1.54, 1.807) is 0 Å². The van der Waals surface area contributed by atoms with Crippen LogP contribution in [0.4, 0.5) is 0 Å². The molecule has 1 N–H and O–H groups in total. The molecule has 1 aromatic carbocycles. The predicted octanol–water partition coefficient (Wildman–Crippen LogP) is 2.09. The lowest BCUT2D eigenvalue weighted by Gasteiger charge is -2.07. The molecule has 0 fully saturated rings. The van der Waals surface area contributed by atoms with Crippen molar-refractivity contribution >= 4 is 0 Å². The van der Waals surface area contributed by atoms with Gasteiger partial charge in [0.1, 0.15) is 0 Å². The first kappa shape index (κ1) is 7.56. The van der Waals surface area contributed by atoms with E-state index in [0.717, 1.165) is 6.42 Å². The molecule has 0 aliphatic heterocycles. The highest BCUT2D eigenvalue weighted by Crippen LogP contribution is 2.27. The maximum Gasteiger partial charge on any atom is 0.0729 e. The summed E-state index contributed by atoms with van der Waals surface area (Å²) in [6, 6.07) is 10.3. The predicted molar refractivity (Wildman–Crippen MR) is 48.9 cm³/mol. The molecule has 0 saturated carbocycles. The summed E-state index contributed by atoms with van der Waals surface area (Å²) < 4.78 is 0. The van der Waals surface area contributed by atoms with Crippen LogP contribution in [0.25, 0.3) is 0 Å². The minimum absolute atomic E-state index is 0.241. The third-order valence-corrected chi connectivity index (χ3v) is 2.29. The van der Waals surface area contributed by atoms with Crippen LogP contribution in [0.3, 0.4) is 0 Å². The molecule has 0 saturated heterocycles. The van der Waals surface area contributed by atoms with Gasteiger partial charge in [-0.3, -0.25) is 0 Å². The van der Waals surface area contributed by atoms with Gasteiger partial charge in [0, 0.05) is 5.92 Å². The molecule has 1 aliphatic carbocycles. The standard InChI is InChI=1S/C11H12O/c12-11-7-6-10(8-11)9-4-2-1-3-5-9/h1-7,10-12H,8H2/t10-,11-/m1/s1. The largest absolute Gasteiger partial charge is 0.389 e. The van der Waals surface area contributed by atoms with E-state index in [0.29, 0.717) is 5.92 Å². The zero-order valence-corrected chi connectivity index (χ0v) is 6.85. The highest BCUT2D eigenvalue weighted by molar-refractivity contribution is 5.27. The smallest absolute Gasteiger partial charge is 0.0729 e. The van der Waals surface area contributed by atoms with Crippen LogP contribution >= 0.6 is 0 Å². The zero-order chi connectivity index (χ0) is 8.39. The molecule has 0 spiro atoms. The van der Waals surface area contributed by atoms with Crippen molar-refractivity contribution in [3.05, 3.63) is 48.0 Å². The second-order valence-corrected chi connectivity index (χ2v) is 3.21. The molecule has 1 aromatic rings. The lowest BCUT2D eigenvalue weighted by atomic mass is 9.99. The number of hydrogen-bond acceptors (Lipinski definition) is 1. The lowest BCUT2D eigenvalue weighted by molar-refractivity contribution is 0.218. The van der Waals surface area contributed by atoms with Gasteiger partial charge < -0.3 is 5.11 Å². The van der Waals surface area contributed by atoms with E-state index in [9.17, 15) is 5.11 Å². The minimum atomic E-state index is -0.241. The van der Waals surface area contributed by atoms with Crippen molar-refractivity contribution in [2.75, 3.05) is 0 Å². The first-order valence-electron chi connectivity index (χ1n) is 4.27. The number of hydrogen-bond donors (Lipinski definition) is 1. The molecule has 1 heteroatoms. The number of aliphatic hydroxyl groups is 1. The number of benzene rings is 1. The second-order valence-electron chi connectivity index (χ2n) is 3.21. The van der Waals surface area contributed by atoms with Gasteiger partial charge in [0.25, 0.3) is 0 Å². The second kappa shape index (κ2) is 3.11. The summed E-state index contributed by atoms with van der Waals surface area (Å²) in [4.78, 5) is 0. The average Bonchev–Trinajstić information content (AvgIpc) is 2.54. The summed E-state index contributed by atoms with van der Waals surface area (Å²) >= 11 is 0. The molecular weight excluding hydrogens is 148 g/mol. The molecule has 0 aromatic heterocycles. The van der Waals surface area contributed by atoms with Crippen molar-refractivity contribution in [1.29, 1.82) is 0 Å². The van der Waals surface area contributed by atoms with Gasteiger partial charge in [-0.25, -0.2) is 0 Å². The number of rotatable bonds is 1. The van der Waals surface area contributed by atoms with Crippen molar-refractivity contribution < 1.29 is 5.11 Å². The molecule has 62 valence electrons. The minimum Gasteiger partial charge on any atom is -0.389 e. The quantitative estimate of drug-likeness (QED) is 0.624. The Morgan fingerprint density at radius 3 is 2.42 bits per heavy atom. The summed E-state index contributed by atoms with van der Waals surface area (Å²) in [5, 5.41) is 9.27. The van der Waals surface area contributed by atoms with Crippen LogP contribution in [0.5, 0.6) is 0 Å². The van der Waals surface area contributed by atoms with Gasteiger partial charge in [0.05, 0.1) is 6.10 Å². The van der Waals surface area contributed by atoms with Gasteiger partial charge in [-0.1, -0.05) is 42.5 Å². The molecule has 0 bridgehead atoms. The molecule has 1 aliphatic rings. The monoisotopic (exact) mass is 160 g/mol. The van der Waals surface area contributed by atoms with E-state index in [1.807, 2.05) is 24.3 Å². The van der Waals surface area contributed by atoms with Crippen molar-refractivity contribution in [2.24, 2.45) is 0 Å². The lowest BCUT2D eigenvalue weighted by Crippen LogP contribution is -2.00. The number of allylic oxidation sites excluding steroid dienone is 1. The molecule has 0 amide bonds. The molecule has 2 atom stereocenters. The first-order chi connectivity index (χ1) is 5.86. The van der Waals surface area contributed by atoms with E-state index >= 15 is 0 Å². The fourth-order valence-electron chi connectivity index (χ4n) is 1.63. The average molecular weight is 160 g/mol. The van der Waals surface area contributed by atoms with Crippen molar-refractivity contribution in [2.45, 2.75) is 18.4 Å².